The standard InChI is InChI=1S/C20H17N3O2/c1-22-12-14(4-6-19(22)24)17-8-16(10-21-11-17)13-3-5-18-15(7-13)9-20(25)23(18)2/h3-8,10-12H,9H2,1-2H3. The highest BCUT2D eigenvalue weighted by atomic mass is 16.2. The van der Waals surface area contributed by atoms with Gasteiger partial charge < -0.3 is 9.47 Å². The minimum atomic E-state index is -0.0414. The minimum absolute atomic E-state index is 0.0414. The highest BCUT2D eigenvalue weighted by molar-refractivity contribution is 6.01. The maximum Gasteiger partial charge on any atom is 0.250 e. The van der Waals surface area contributed by atoms with Crippen LogP contribution in [0.3, 0.4) is 0 Å². The minimum Gasteiger partial charge on any atom is -0.318 e. The van der Waals surface area contributed by atoms with Gasteiger partial charge in [0.05, 0.1) is 6.42 Å². The summed E-state index contributed by atoms with van der Waals surface area (Å²) in [6.07, 6.45) is 5.84. The molecule has 2 aromatic heterocycles. The highest BCUT2D eigenvalue weighted by Gasteiger charge is 2.24. The second kappa shape index (κ2) is 5.70. The van der Waals surface area contributed by atoms with Crippen molar-refractivity contribution in [2.24, 2.45) is 7.05 Å². The lowest BCUT2D eigenvalue weighted by atomic mass is 10.0. The quantitative estimate of drug-likeness (QED) is 0.725. The molecule has 25 heavy (non-hydrogen) atoms. The lowest BCUT2D eigenvalue weighted by molar-refractivity contribution is -0.117. The van der Waals surface area contributed by atoms with Gasteiger partial charge in [-0.3, -0.25) is 14.6 Å². The van der Waals surface area contributed by atoms with E-state index in [0.717, 1.165) is 33.5 Å². The van der Waals surface area contributed by atoms with Crippen LogP contribution in [0.4, 0.5) is 5.69 Å². The third-order valence-corrected chi connectivity index (χ3v) is 4.65. The van der Waals surface area contributed by atoms with Gasteiger partial charge in [-0.25, -0.2) is 0 Å². The molecule has 1 amide bonds. The zero-order valence-corrected chi connectivity index (χ0v) is 14.1. The van der Waals surface area contributed by atoms with Gasteiger partial charge in [0, 0.05) is 55.6 Å². The number of fused-ring (bicyclic) bond motifs is 1. The fraction of sp³-hybridized carbons (Fsp3) is 0.150. The molecule has 0 aliphatic carbocycles. The Hall–Kier alpha value is -3.21. The molecule has 5 heteroatoms. The van der Waals surface area contributed by atoms with Crippen LogP contribution < -0.4 is 10.5 Å². The average Bonchev–Trinajstić information content (AvgIpc) is 2.91. The molecular formula is C20H17N3O2. The Morgan fingerprint density at radius 1 is 0.880 bits per heavy atom. The maximum absolute atomic E-state index is 11.9. The molecule has 124 valence electrons. The first-order valence-electron chi connectivity index (χ1n) is 8.05. The van der Waals surface area contributed by atoms with Gasteiger partial charge in [-0.1, -0.05) is 6.07 Å². The Morgan fingerprint density at radius 2 is 1.60 bits per heavy atom. The zero-order chi connectivity index (χ0) is 17.6. The number of benzene rings is 1. The number of carbonyl (C=O) groups is 1. The van der Waals surface area contributed by atoms with Gasteiger partial charge in [-0.15, -0.1) is 0 Å². The molecule has 4 rings (SSSR count). The number of carbonyl (C=O) groups excluding carboxylic acids is 1. The van der Waals surface area contributed by atoms with Crippen molar-refractivity contribution in [3.8, 4) is 22.3 Å². The van der Waals surface area contributed by atoms with E-state index in [1.807, 2.05) is 18.3 Å². The van der Waals surface area contributed by atoms with E-state index in [0.29, 0.717) is 6.42 Å². The van der Waals surface area contributed by atoms with Crippen molar-refractivity contribution >= 4 is 11.6 Å². The second-order valence-electron chi connectivity index (χ2n) is 6.30. The van der Waals surface area contributed by atoms with Crippen LogP contribution in [0.2, 0.25) is 0 Å². The molecule has 0 unspecified atom stereocenters. The molecule has 3 aromatic rings. The maximum atomic E-state index is 11.9. The van der Waals surface area contributed by atoms with Crippen molar-refractivity contribution in [3.05, 3.63) is 70.9 Å². The molecule has 1 aliphatic heterocycles. The van der Waals surface area contributed by atoms with Crippen molar-refractivity contribution in [2.75, 3.05) is 11.9 Å². The number of pyridine rings is 2. The summed E-state index contributed by atoms with van der Waals surface area (Å²) in [4.78, 5) is 29.5. The molecule has 1 aromatic carbocycles. The third-order valence-electron chi connectivity index (χ3n) is 4.65. The first-order chi connectivity index (χ1) is 12.0. The van der Waals surface area contributed by atoms with Crippen LogP contribution in [0.25, 0.3) is 22.3 Å². The molecule has 0 bridgehead atoms. The topological polar surface area (TPSA) is 55.2 Å². The molecule has 1 aliphatic rings. The van der Waals surface area contributed by atoms with Gasteiger partial charge in [0.1, 0.15) is 0 Å². The largest absolute Gasteiger partial charge is 0.318 e. The Bertz CT molecular complexity index is 1050. The predicted octanol–water partition coefficient (Wildman–Crippen LogP) is 2.63. The van der Waals surface area contributed by atoms with Gasteiger partial charge in [-0.2, -0.15) is 0 Å². The Kier molecular flexibility index (Phi) is 3.50. The molecule has 0 spiro atoms. The lowest BCUT2D eigenvalue weighted by Crippen LogP contribution is -2.20. The number of hydrogen-bond donors (Lipinski definition) is 0. The molecule has 3 heterocycles. The van der Waals surface area contributed by atoms with Gasteiger partial charge >= 0.3 is 0 Å². The highest BCUT2D eigenvalue weighted by Crippen LogP contribution is 2.32. The Morgan fingerprint density at radius 3 is 2.36 bits per heavy atom. The normalized spacial score (nSPS) is 13.2. The first kappa shape index (κ1) is 15.3. The van der Waals surface area contributed by atoms with E-state index in [1.165, 1.54) is 0 Å². The zero-order valence-electron chi connectivity index (χ0n) is 14.1. The Balaban J connectivity index is 1.75. The van der Waals surface area contributed by atoms with E-state index in [1.54, 1.807) is 48.1 Å². The van der Waals surface area contributed by atoms with Crippen molar-refractivity contribution in [3.63, 3.8) is 0 Å². The van der Waals surface area contributed by atoms with E-state index in [-0.39, 0.29) is 11.5 Å². The number of aromatic nitrogens is 2. The molecule has 0 fully saturated rings. The van der Waals surface area contributed by atoms with Crippen molar-refractivity contribution in [2.45, 2.75) is 6.42 Å². The van der Waals surface area contributed by atoms with E-state index in [2.05, 4.69) is 17.1 Å². The summed E-state index contributed by atoms with van der Waals surface area (Å²) in [5.41, 5.74) is 5.86. The van der Waals surface area contributed by atoms with Crippen LogP contribution in [0.15, 0.2) is 59.8 Å². The fourth-order valence-electron chi connectivity index (χ4n) is 3.17. The monoisotopic (exact) mass is 331 g/mol. The summed E-state index contributed by atoms with van der Waals surface area (Å²) in [5.74, 6) is 0.115. The molecular weight excluding hydrogens is 314 g/mol. The fourth-order valence-corrected chi connectivity index (χ4v) is 3.17. The van der Waals surface area contributed by atoms with Crippen LogP contribution in [0.5, 0.6) is 0 Å². The Labute approximate surface area is 145 Å². The van der Waals surface area contributed by atoms with Crippen molar-refractivity contribution < 1.29 is 4.79 Å². The molecule has 0 saturated heterocycles. The number of amides is 1. The molecule has 5 nitrogen and oxygen atoms in total. The van der Waals surface area contributed by atoms with E-state index in [4.69, 9.17) is 0 Å². The van der Waals surface area contributed by atoms with Crippen LogP contribution in [0, 0.1) is 0 Å². The summed E-state index contributed by atoms with van der Waals surface area (Å²) < 4.78 is 1.55. The first-order valence-corrected chi connectivity index (χ1v) is 8.05. The SMILES string of the molecule is CN1C(=O)Cc2cc(-c3cncc(-c4ccc(=O)n(C)c4)c3)ccc21. The number of hydrogen-bond acceptors (Lipinski definition) is 3. The smallest absolute Gasteiger partial charge is 0.250 e. The summed E-state index contributed by atoms with van der Waals surface area (Å²) in [5, 5.41) is 0. The molecule has 0 N–H and O–H groups in total. The number of likely N-dealkylation sites (N-methyl/N-ethyl adjacent to an activating group) is 1. The molecule has 0 radical (unpaired) electrons. The summed E-state index contributed by atoms with van der Waals surface area (Å²) in [6.45, 7) is 0. The van der Waals surface area contributed by atoms with Gasteiger partial charge in [-0.05, 0) is 41.0 Å². The second-order valence-corrected chi connectivity index (χ2v) is 6.30. The summed E-state index contributed by atoms with van der Waals surface area (Å²) >= 11 is 0. The van der Waals surface area contributed by atoms with Gasteiger partial charge in [0.25, 0.3) is 0 Å². The average molecular weight is 331 g/mol. The summed E-state index contributed by atoms with van der Waals surface area (Å²) in [7, 11) is 3.53. The third kappa shape index (κ3) is 2.63. The van der Waals surface area contributed by atoms with Crippen LogP contribution in [0.1, 0.15) is 5.56 Å². The lowest BCUT2D eigenvalue weighted by Gasteiger charge is -2.11. The van der Waals surface area contributed by atoms with Gasteiger partial charge in [0.2, 0.25) is 11.5 Å². The van der Waals surface area contributed by atoms with Crippen LogP contribution >= 0.6 is 0 Å². The van der Waals surface area contributed by atoms with E-state index in [9.17, 15) is 9.59 Å². The van der Waals surface area contributed by atoms with Crippen LogP contribution in [-0.4, -0.2) is 22.5 Å². The van der Waals surface area contributed by atoms with Gasteiger partial charge in [0.15, 0.2) is 0 Å². The number of aryl methyl sites for hydroxylation is 1. The number of rotatable bonds is 2. The molecule has 0 saturated carbocycles. The van der Waals surface area contributed by atoms with E-state index < -0.39 is 0 Å². The number of anilines is 1. The van der Waals surface area contributed by atoms with Crippen molar-refractivity contribution in [1.82, 2.24) is 9.55 Å². The van der Waals surface area contributed by atoms with Crippen molar-refractivity contribution in [1.29, 1.82) is 0 Å². The number of nitrogens with zero attached hydrogens (tertiary/aromatic N) is 3. The molecule has 0 atom stereocenters. The summed E-state index contributed by atoms with van der Waals surface area (Å²) in [6, 6.07) is 11.5. The predicted molar refractivity (Wildman–Crippen MR) is 97.5 cm³/mol. The van der Waals surface area contributed by atoms with E-state index >= 15 is 0 Å². The van der Waals surface area contributed by atoms with Crippen LogP contribution in [-0.2, 0) is 18.3 Å².